The average molecular weight is 491 g/mol. The van der Waals surface area contributed by atoms with Crippen LogP contribution in [0.5, 0.6) is 0 Å². The molecular formula is C28H24Cl2N2O2. The van der Waals surface area contributed by atoms with Crippen LogP contribution in [-0.2, 0) is 4.79 Å². The summed E-state index contributed by atoms with van der Waals surface area (Å²) in [5.74, 6) is -0.249. The zero-order chi connectivity index (χ0) is 24.0. The van der Waals surface area contributed by atoms with Crippen molar-refractivity contribution in [1.82, 2.24) is 0 Å². The SMILES string of the molecule is CC1(C)CC(=O)C2=C(C1)Nc1ccccc1N(C(=O)c1ccccc1)C2c1c(Cl)cccc1Cl. The van der Waals surface area contributed by atoms with Gasteiger partial charge in [0.05, 0.1) is 17.4 Å². The molecule has 4 nitrogen and oxygen atoms in total. The number of Topliss-reactive ketones (excluding diaryl/α,β-unsaturated/α-hetero) is 1. The Kier molecular flexibility index (Phi) is 5.75. The molecule has 0 saturated heterocycles. The number of nitrogens with zero attached hydrogens (tertiary/aromatic N) is 1. The minimum atomic E-state index is -0.774. The Hall–Kier alpha value is -3.08. The first-order valence-corrected chi connectivity index (χ1v) is 12.0. The van der Waals surface area contributed by atoms with Crippen LogP contribution in [0.1, 0.15) is 48.7 Å². The standard InChI is InChI=1S/C28H24Cl2N2O2/c1-28(2)15-21-25(23(33)16-28)26(24-18(29)11-8-12-19(24)30)32(22-14-7-6-13-20(22)31-21)27(34)17-9-4-3-5-10-17/h3-14,26,31H,15-16H2,1-2H3. The summed E-state index contributed by atoms with van der Waals surface area (Å²) in [4.78, 5) is 29.5. The summed E-state index contributed by atoms with van der Waals surface area (Å²) in [7, 11) is 0. The van der Waals surface area contributed by atoms with Crippen molar-refractivity contribution in [1.29, 1.82) is 0 Å². The van der Waals surface area contributed by atoms with Crippen LogP contribution >= 0.6 is 23.2 Å². The number of anilines is 2. The van der Waals surface area contributed by atoms with E-state index in [0.29, 0.717) is 45.3 Å². The lowest BCUT2D eigenvalue weighted by Crippen LogP contribution is -2.39. The van der Waals surface area contributed by atoms with E-state index in [1.165, 1.54) is 0 Å². The number of hydrogen-bond acceptors (Lipinski definition) is 3. The van der Waals surface area contributed by atoms with Crippen LogP contribution in [-0.4, -0.2) is 11.7 Å². The molecule has 5 rings (SSSR count). The van der Waals surface area contributed by atoms with Crippen molar-refractivity contribution in [2.75, 3.05) is 10.2 Å². The van der Waals surface area contributed by atoms with Gasteiger partial charge in [-0.25, -0.2) is 0 Å². The molecule has 0 bridgehead atoms. The second kappa shape index (κ2) is 8.61. The van der Waals surface area contributed by atoms with Gasteiger partial charge >= 0.3 is 0 Å². The molecular weight excluding hydrogens is 467 g/mol. The van der Waals surface area contributed by atoms with E-state index in [4.69, 9.17) is 23.2 Å². The molecule has 1 aliphatic heterocycles. The normalized spacial score (nSPS) is 19.1. The molecule has 0 radical (unpaired) electrons. The average Bonchev–Trinajstić information content (AvgIpc) is 2.92. The van der Waals surface area contributed by atoms with Gasteiger partial charge in [0.1, 0.15) is 0 Å². The van der Waals surface area contributed by atoms with Gasteiger partial charge in [-0.3, -0.25) is 14.5 Å². The smallest absolute Gasteiger partial charge is 0.259 e. The molecule has 1 heterocycles. The Bertz CT molecular complexity index is 1310. The van der Waals surface area contributed by atoms with Crippen molar-refractivity contribution >= 4 is 46.3 Å². The monoisotopic (exact) mass is 490 g/mol. The number of amides is 1. The lowest BCUT2D eigenvalue weighted by molar-refractivity contribution is -0.118. The number of carbonyl (C=O) groups excluding carboxylic acids is 2. The number of allylic oxidation sites excluding steroid dienone is 1. The lowest BCUT2D eigenvalue weighted by atomic mass is 9.73. The zero-order valence-corrected chi connectivity index (χ0v) is 20.5. The van der Waals surface area contributed by atoms with Crippen LogP contribution in [0.3, 0.4) is 0 Å². The number of hydrogen-bond donors (Lipinski definition) is 1. The van der Waals surface area contributed by atoms with Crippen LogP contribution in [0.25, 0.3) is 0 Å². The molecule has 0 fully saturated rings. The maximum absolute atomic E-state index is 14.1. The first-order chi connectivity index (χ1) is 16.3. The van der Waals surface area contributed by atoms with Gasteiger partial charge in [0.2, 0.25) is 0 Å². The summed E-state index contributed by atoms with van der Waals surface area (Å²) in [6.07, 6.45) is 1.03. The molecule has 3 aromatic rings. The summed E-state index contributed by atoms with van der Waals surface area (Å²) < 4.78 is 0. The van der Waals surface area contributed by atoms with E-state index in [0.717, 1.165) is 11.4 Å². The molecule has 0 aromatic heterocycles. The fourth-order valence-corrected chi connectivity index (χ4v) is 5.58. The lowest BCUT2D eigenvalue weighted by Gasteiger charge is -2.37. The van der Waals surface area contributed by atoms with Crippen LogP contribution in [0, 0.1) is 5.41 Å². The molecule has 2 aliphatic rings. The number of carbonyl (C=O) groups is 2. The number of ketones is 1. The van der Waals surface area contributed by atoms with Gasteiger partial charge in [0.25, 0.3) is 5.91 Å². The number of para-hydroxylation sites is 2. The summed E-state index contributed by atoms with van der Waals surface area (Å²) in [5.41, 5.74) is 3.61. The molecule has 0 saturated carbocycles. The van der Waals surface area contributed by atoms with E-state index in [-0.39, 0.29) is 17.1 Å². The molecule has 3 aromatic carbocycles. The second-order valence-electron chi connectivity index (χ2n) is 9.55. The largest absolute Gasteiger partial charge is 0.357 e. The van der Waals surface area contributed by atoms with Gasteiger partial charge in [-0.05, 0) is 48.2 Å². The number of benzene rings is 3. The van der Waals surface area contributed by atoms with Crippen LogP contribution in [0.2, 0.25) is 10.0 Å². The molecule has 1 N–H and O–H groups in total. The third-order valence-electron chi connectivity index (χ3n) is 6.41. The topological polar surface area (TPSA) is 49.4 Å². The van der Waals surface area contributed by atoms with Crippen molar-refractivity contribution < 1.29 is 9.59 Å². The molecule has 1 aliphatic carbocycles. The van der Waals surface area contributed by atoms with Crippen molar-refractivity contribution in [2.45, 2.75) is 32.7 Å². The third kappa shape index (κ3) is 3.91. The summed E-state index contributed by atoms with van der Waals surface area (Å²) in [6, 6.07) is 21.1. The Morgan fingerprint density at radius 2 is 1.56 bits per heavy atom. The van der Waals surface area contributed by atoms with Gasteiger partial charge in [0, 0.05) is 38.9 Å². The maximum Gasteiger partial charge on any atom is 0.259 e. The molecule has 34 heavy (non-hydrogen) atoms. The van der Waals surface area contributed by atoms with Gasteiger partial charge in [-0.15, -0.1) is 0 Å². The molecule has 1 unspecified atom stereocenters. The highest BCUT2D eigenvalue weighted by Gasteiger charge is 2.44. The Morgan fingerprint density at radius 3 is 2.26 bits per heavy atom. The molecule has 0 spiro atoms. The number of rotatable bonds is 2. The Morgan fingerprint density at radius 1 is 0.912 bits per heavy atom. The Balaban J connectivity index is 1.84. The number of nitrogens with one attached hydrogen (secondary N) is 1. The number of fused-ring (bicyclic) bond motifs is 1. The number of halogens is 2. The van der Waals surface area contributed by atoms with Crippen molar-refractivity contribution in [3.63, 3.8) is 0 Å². The molecule has 172 valence electrons. The quantitative estimate of drug-likeness (QED) is 0.405. The van der Waals surface area contributed by atoms with Gasteiger partial charge in [-0.1, -0.05) is 73.4 Å². The fraction of sp³-hybridized carbons (Fsp3) is 0.214. The minimum Gasteiger partial charge on any atom is -0.357 e. The van der Waals surface area contributed by atoms with E-state index in [1.54, 1.807) is 35.2 Å². The van der Waals surface area contributed by atoms with E-state index < -0.39 is 6.04 Å². The minimum absolute atomic E-state index is 0.0154. The van der Waals surface area contributed by atoms with E-state index in [9.17, 15) is 9.59 Å². The highest BCUT2D eigenvalue weighted by molar-refractivity contribution is 6.36. The first kappa shape index (κ1) is 22.7. The highest BCUT2D eigenvalue weighted by atomic mass is 35.5. The van der Waals surface area contributed by atoms with E-state index >= 15 is 0 Å². The van der Waals surface area contributed by atoms with E-state index in [1.807, 2.05) is 42.5 Å². The van der Waals surface area contributed by atoms with Crippen LogP contribution in [0.4, 0.5) is 11.4 Å². The van der Waals surface area contributed by atoms with Crippen LogP contribution < -0.4 is 10.2 Å². The fourth-order valence-electron chi connectivity index (χ4n) is 4.98. The predicted octanol–water partition coefficient (Wildman–Crippen LogP) is 7.45. The van der Waals surface area contributed by atoms with Gasteiger partial charge in [0.15, 0.2) is 5.78 Å². The summed E-state index contributed by atoms with van der Waals surface area (Å²) >= 11 is 13.4. The van der Waals surface area contributed by atoms with Crippen LogP contribution in [0.15, 0.2) is 84.1 Å². The van der Waals surface area contributed by atoms with Crippen molar-refractivity contribution in [3.05, 3.63) is 105 Å². The second-order valence-corrected chi connectivity index (χ2v) is 10.4. The summed E-state index contributed by atoms with van der Waals surface area (Å²) in [5, 5.41) is 4.32. The van der Waals surface area contributed by atoms with Crippen molar-refractivity contribution in [2.24, 2.45) is 5.41 Å². The molecule has 1 amide bonds. The highest BCUT2D eigenvalue weighted by Crippen LogP contribution is 2.50. The van der Waals surface area contributed by atoms with Gasteiger partial charge < -0.3 is 5.32 Å². The van der Waals surface area contributed by atoms with Gasteiger partial charge in [-0.2, -0.15) is 0 Å². The molecule has 1 atom stereocenters. The Labute approximate surface area is 209 Å². The summed E-state index contributed by atoms with van der Waals surface area (Å²) in [6.45, 7) is 4.16. The van der Waals surface area contributed by atoms with Crippen molar-refractivity contribution in [3.8, 4) is 0 Å². The zero-order valence-electron chi connectivity index (χ0n) is 18.9. The maximum atomic E-state index is 14.1. The third-order valence-corrected chi connectivity index (χ3v) is 7.07. The molecule has 6 heteroatoms. The predicted molar refractivity (Wildman–Crippen MR) is 138 cm³/mol. The van der Waals surface area contributed by atoms with E-state index in [2.05, 4.69) is 19.2 Å². The first-order valence-electron chi connectivity index (χ1n) is 11.2.